The lowest BCUT2D eigenvalue weighted by molar-refractivity contribution is -0.149. The summed E-state index contributed by atoms with van der Waals surface area (Å²) in [7, 11) is 0. The number of ether oxygens (including phenoxy) is 1. The van der Waals surface area contributed by atoms with Crippen molar-refractivity contribution in [2.45, 2.75) is 76.4 Å². The largest absolute Gasteiger partial charge is 0.479 e. The monoisotopic (exact) mass is 297 g/mol. The van der Waals surface area contributed by atoms with E-state index < -0.39 is 12.1 Å². The van der Waals surface area contributed by atoms with Crippen LogP contribution in [0.15, 0.2) is 0 Å². The molecule has 2 N–H and O–H groups in total. The number of rotatable bonds is 7. The highest BCUT2D eigenvalue weighted by molar-refractivity contribution is 5.76. The van der Waals surface area contributed by atoms with Gasteiger partial charge in [0.05, 0.1) is 6.10 Å². The predicted octanol–water partition coefficient (Wildman–Crippen LogP) is 2.49. The standard InChI is InChI=1S/C16H27NO4/c18-15(8-4-7-12-5-2-1-3-6-12)17-11-13-9-10-14(21-13)16(19)20/h12-14H,1-11H2,(H,17,18)(H,19,20). The zero-order valence-electron chi connectivity index (χ0n) is 12.7. The second kappa shape index (κ2) is 8.37. The summed E-state index contributed by atoms with van der Waals surface area (Å²) in [5.41, 5.74) is 0. The number of carbonyl (C=O) groups is 2. The number of carbonyl (C=O) groups excluding carboxylic acids is 1. The topological polar surface area (TPSA) is 75.6 Å². The van der Waals surface area contributed by atoms with Gasteiger partial charge in [-0.15, -0.1) is 0 Å². The Hall–Kier alpha value is -1.10. The van der Waals surface area contributed by atoms with Gasteiger partial charge in [-0.3, -0.25) is 4.79 Å². The Morgan fingerprint density at radius 3 is 2.52 bits per heavy atom. The van der Waals surface area contributed by atoms with Gasteiger partial charge in [0.2, 0.25) is 5.91 Å². The Balaban J connectivity index is 1.52. The van der Waals surface area contributed by atoms with Crippen LogP contribution in [0.5, 0.6) is 0 Å². The molecule has 1 saturated carbocycles. The van der Waals surface area contributed by atoms with E-state index >= 15 is 0 Å². The Morgan fingerprint density at radius 1 is 1.10 bits per heavy atom. The summed E-state index contributed by atoms with van der Waals surface area (Å²) in [6, 6.07) is 0. The van der Waals surface area contributed by atoms with Crippen molar-refractivity contribution in [3.63, 3.8) is 0 Å². The molecule has 0 aromatic rings. The molecule has 1 saturated heterocycles. The minimum Gasteiger partial charge on any atom is -0.479 e. The third-order valence-electron chi connectivity index (χ3n) is 4.65. The zero-order chi connectivity index (χ0) is 15.1. The molecule has 1 amide bonds. The van der Waals surface area contributed by atoms with Crippen LogP contribution in [-0.4, -0.2) is 35.7 Å². The van der Waals surface area contributed by atoms with E-state index in [1.807, 2.05) is 0 Å². The first-order chi connectivity index (χ1) is 10.1. The van der Waals surface area contributed by atoms with Crippen LogP contribution in [0.2, 0.25) is 0 Å². The van der Waals surface area contributed by atoms with E-state index in [4.69, 9.17) is 9.84 Å². The second-order valence-electron chi connectivity index (χ2n) is 6.36. The molecule has 0 bridgehead atoms. The van der Waals surface area contributed by atoms with Gasteiger partial charge in [-0.2, -0.15) is 0 Å². The van der Waals surface area contributed by atoms with E-state index in [1.54, 1.807) is 0 Å². The molecule has 2 rings (SSSR count). The normalized spacial score (nSPS) is 26.7. The first kappa shape index (κ1) is 16.3. The van der Waals surface area contributed by atoms with Gasteiger partial charge in [0.15, 0.2) is 6.10 Å². The fourth-order valence-electron chi connectivity index (χ4n) is 3.38. The third kappa shape index (κ3) is 5.65. The van der Waals surface area contributed by atoms with Crippen molar-refractivity contribution in [1.82, 2.24) is 5.32 Å². The van der Waals surface area contributed by atoms with Crippen LogP contribution < -0.4 is 5.32 Å². The molecule has 1 aliphatic carbocycles. The molecule has 1 aliphatic heterocycles. The Kier molecular flexibility index (Phi) is 6.49. The van der Waals surface area contributed by atoms with E-state index in [0.29, 0.717) is 25.8 Å². The fourth-order valence-corrected chi connectivity index (χ4v) is 3.38. The van der Waals surface area contributed by atoms with Crippen LogP contribution in [0.4, 0.5) is 0 Å². The van der Waals surface area contributed by atoms with Crippen LogP contribution >= 0.6 is 0 Å². The van der Waals surface area contributed by atoms with Gasteiger partial charge in [0.25, 0.3) is 0 Å². The zero-order valence-corrected chi connectivity index (χ0v) is 12.7. The van der Waals surface area contributed by atoms with Crippen molar-refractivity contribution in [1.29, 1.82) is 0 Å². The van der Waals surface area contributed by atoms with E-state index in [9.17, 15) is 9.59 Å². The van der Waals surface area contributed by atoms with Gasteiger partial charge in [-0.05, 0) is 31.6 Å². The highest BCUT2D eigenvalue weighted by Gasteiger charge is 2.30. The molecule has 2 atom stereocenters. The second-order valence-corrected chi connectivity index (χ2v) is 6.36. The van der Waals surface area contributed by atoms with Crippen molar-refractivity contribution in [3.05, 3.63) is 0 Å². The maximum absolute atomic E-state index is 11.8. The lowest BCUT2D eigenvalue weighted by atomic mass is 9.86. The highest BCUT2D eigenvalue weighted by Crippen LogP contribution is 2.27. The minimum absolute atomic E-state index is 0.0631. The van der Waals surface area contributed by atoms with E-state index in [0.717, 1.165) is 18.8 Å². The number of amides is 1. The lowest BCUT2D eigenvalue weighted by Gasteiger charge is -2.21. The summed E-state index contributed by atoms with van der Waals surface area (Å²) in [5, 5.41) is 11.7. The van der Waals surface area contributed by atoms with E-state index in [-0.39, 0.29) is 12.0 Å². The average Bonchev–Trinajstić information content (AvgIpc) is 2.95. The smallest absolute Gasteiger partial charge is 0.332 e. The van der Waals surface area contributed by atoms with Crippen molar-refractivity contribution in [3.8, 4) is 0 Å². The average molecular weight is 297 g/mol. The molecule has 5 nitrogen and oxygen atoms in total. The molecule has 0 aromatic heterocycles. The summed E-state index contributed by atoms with van der Waals surface area (Å²) >= 11 is 0. The van der Waals surface area contributed by atoms with E-state index in [2.05, 4.69) is 5.32 Å². The molecular weight excluding hydrogens is 270 g/mol. The Labute approximate surface area is 126 Å². The molecule has 1 heterocycles. The van der Waals surface area contributed by atoms with Crippen molar-refractivity contribution in [2.24, 2.45) is 5.92 Å². The van der Waals surface area contributed by atoms with Crippen molar-refractivity contribution < 1.29 is 19.4 Å². The first-order valence-electron chi connectivity index (χ1n) is 8.30. The van der Waals surface area contributed by atoms with Gasteiger partial charge >= 0.3 is 5.97 Å². The number of aliphatic carboxylic acids is 1. The number of nitrogens with one attached hydrogen (secondary N) is 1. The molecule has 2 aliphatic rings. The van der Waals surface area contributed by atoms with Crippen LogP contribution in [0, 0.1) is 5.92 Å². The van der Waals surface area contributed by atoms with Gasteiger partial charge in [0.1, 0.15) is 0 Å². The minimum atomic E-state index is -0.906. The van der Waals surface area contributed by atoms with Gasteiger partial charge in [-0.1, -0.05) is 32.1 Å². The predicted molar refractivity (Wildman–Crippen MR) is 79.0 cm³/mol. The maximum Gasteiger partial charge on any atom is 0.332 e. The fraction of sp³-hybridized carbons (Fsp3) is 0.875. The quantitative estimate of drug-likeness (QED) is 0.757. The highest BCUT2D eigenvalue weighted by atomic mass is 16.5. The molecule has 5 heteroatoms. The molecule has 0 spiro atoms. The number of carboxylic acid groups (broad SMARTS) is 1. The summed E-state index contributed by atoms with van der Waals surface area (Å²) in [6.45, 7) is 0.437. The summed E-state index contributed by atoms with van der Waals surface area (Å²) in [6.07, 6.45) is 9.82. The van der Waals surface area contributed by atoms with Gasteiger partial charge in [0, 0.05) is 13.0 Å². The molecule has 0 aromatic carbocycles. The summed E-state index contributed by atoms with van der Waals surface area (Å²) in [5.74, 6) is -0.0227. The summed E-state index contributed by atoms with van der Waals surface area (Å²) in [4.78, 5) is 22.5. The van der Waals surface area contributed by atoms with Gasteiger partial charge < -0.3 is 15.2 Å². The van der Waals surface area contributed by atoms with Gasteiger partial charge in [-0.25, -0.2) is 4.79 Å². The molecular formula is C16H27NO4. The van der Waals surface area contributed by atoms with Crippen molar-refractivity contribution >= 4 is 11.9 Å². The van der Waals surface area contributed by atoms with E-state index in [1.165, 1.54) is 32.1 Å². The molecule has 2 unspecified atom stereocenters. The van der Waals surface area contributed by atoms with Crippen LogP contribution in [0.25, 0.3) is 0 Å². The molecule has 120 valence electrons. The number of hydrogen-bond donors (Lipinski definition) is 2. The van der Waals surface area contributed by atoms with Crippen molar-refractivity contribution in [2.75, 3.05) is 6.54 Å². The maximum atomic E-state index is 11.8. The Bertz CT molecular complexity index is 352. The van der Waals surface area contributed by atoms with Crippen LogP contribution in [0.1, 0.15) is 64.2 Å². The van der Waals surface area contributed by atoms with Crippen LogP contribution in [0.3, 0.4) is 0 Å². The lowest BCUT2D eigenvalue weighted by Crippen LogP contribution is -2.33. The molecule has 0 radical (unpaired) electrons. The SMILES string of the molecule is O=C(CCCC1CCCCC1)NCC1CCC(C(=O)O)O1. The third-order valence-corrected chi connectivity index (χ3v) is 4.65. The number of hydrogen-bond acceptors (Lipinski definition) is 3. The molecule has 2 fully saturated rings. The number of carboxylic acids is 1. The first-order valence-corrected chi connectivity index (χ1v) is 8.30. The summed E-state index contributed by atoms with van der Waals surface area (Å²) < 4.78 is 5.36. The van der Waals surface area contributed by atoms with Crippen LogP contribution in [-0.2, 0) is 14.3 Å². The Morgan fingerprint density at radius 2 is 1.86 bits per heavy atom. The molecule has 21 heavy (non-hydrogen) atoms.